The molecule has 0 radical (unpaired) electrons. The predicted molar refractivity (Wildman–Crippen MR) is 95.7 cm³/mol. The van der Waals surface area contributed by atoms with Gasteiger partial charge in [0.2, 0.25) is 10.0 Å². The van der Waals surface area contributed by atoms with Gasteiger partial charge < -0.3 is 4.74 Å². The van der Waals surface area contributed by atoms with E-state index in [9.17, 15) is 22.4 Å². The summed E-state index contributed by atoms with van der Waals surface area (Å²) in [4.78, 5) is 24.1. The number of fused-ring (bicyclic) bond motifs is 1. The normalized spacial score (nSPS) is 13.3. The first-order chi connectivity index (χ1) is 12.8. The number of carbonyl (C=O) groups is 2. The Bertz CT molecular complexity index is 1020. The summed E-state index contributed by atoms with van der Waals surface area (Å²) in [5.74, 6) is -2.44. The van der Waals surface area contributed by atoms with E-state index < -0.39 is 39.8 Å². The Labute approximate surface area is 156 Å². The fourth-order valence-electron chi connectivity index (χ4n) is 2.98. The number of ketones is 1. The number of nitrogens with one attached hydrogen (secondary N) is 1. The second kappa shape index (κ2) is 7.58. The molecule has 0 bridgehead atoms. The SMILES string of the molecule is CNS(=O)(=O)c1ccc(F)c(C(=O)OCC(=O)c2ccc3c(c2)CCC3)c1. The summed E-state index contributed by atoms with van der Waals surface area (Å²) < 4.78 is 44.5. The van der Waals surface area contributed by atoms with Gasteiger partial charge in [-0.3, -0.25) is 4.79 Å². The lowest BCUT2D eigenvalue weighted by Gasteiger charge is -2.08. The number of aryl methyl sites for hydroxylation is 2. The Morgan fingerprint density at radius 2 is 1.85 bits per heavy atom. The van der Waals surface area contributed by atoms with Crippen LogP contribution in [0.15, 0.2) is 41.3 Å². The first kappa shape index (κ1) is 19.2. The van der Waals surface area contributed by atoms with Crippen molar-refractivity contribution in [2.45, 2.75) is 24.2 Å². The van der Waals surface area contributed by atoms with Gasteiger partial charge >= 0.3 is 5.97 Å². The maximum atomic E-state index is 13.9. The number of carbonyl (C=O) groups excluding carboxylic acids is 2. The molecule has 1 aliphatic rings. The van der Waals surface area contributed by atoms with Crippen LogP contribution < -0.4 is 4.72 Å². The average Bonchev–Trinajstić information content (AvgIpc) is 3.13. The second-order valence-corrected chi connectivity index (χ2v) is 8.07. The quantitative estimate of drug-likeness (QED) is 0.603. The number of hydrogen-bond acceptors (Lipinski definition) is 5. The third kappa shape index (κ3) is 4.06. The van der Waals surface area contributed by atoms with Gasteiger partial charge in [-0.25, -0.2) is 22.3 Å². The van der Waals surface area contributed by atoms with Crippen LogP contribution in [0.5, 0.6) is 0 Å². The molecule has 0 saturated carbocycles. The van der Waals surface area contributed by atoms with Crippen molar-refractivity contribution in [2.75, 3.05) is 13.7 Å². The van der Waals surface area contributed by atoms with Crippen LogP contribution in [-0.2, 0) is 27.6 Å². The number of halogens is 1. The van der Waals surface area contributed by atoms with Crippen molar-refractivity contribution in [1.29, 1.82) is 0 Å². The topological polar surface area (TPSA) is 89.5 Å². The monoisotopic (exact) mass is 391 g/mol. The minimum atomic E-state index is -3.84. The third-order valence-corrected chi connectivity index (χ3v) is 5.90. The van der Waals surface area contributed by atoms with Gasteiger partial charge in [0.25, 0.3) is 0 Å². The number of rotatable bonds is 6. The summed E-state index contributed by atoms with van der Waals surface area (Å²) in [6.45, 7) is -0.555. The van der Waals surface area contributed by atoms with Crippen LogP contribution in [0.2, 0.25) is 0 Å². The van der Waals surface area contributed by atoms with E-state index in [2.05, 4.69) is 4.72 Å². The summed E-state index contributed by atoms with van der Waals surface area (Å²) in [6, 6.07) is 8.14. The zero-order valence-electron chi connectivity index (χ0n) is 14.6. The molecular formula is C19H18FNO5S. The lowest BCUT2D eigenvalue weighted by Crippen LogP contribution is -2.20. The molecule has 0 spiro atoms. The van der Waals surface area contributed by atoms with Crippen LogP contribution in [0, 0.1) is 5.82 Å². The standard InChI is InChI=1S/C19H18FNO5S/c1-21-27(24,25)15-7-8-17(20)16(10-15)19(23)26-11-18(22)14-6-5-12-3-2-4-13(12)9-14/h5-10,21H,2-4,11H2,1H3. The molecule has 0 saturated heterocycles. The van der Waals surface area contributed by atoms with Crippen LogP contribution in [0.4, 0.5) is 4.39 Å². The van der Waals surface area contributed by atoms with E-state index in [1.54, 1.807) is 12.1 Å². The number of benzene rings is 2. The van der Waals surface area contributed by atoms with Gasteiger partial charge in [0.05, 0.1) is 10.5 Å². The van der Waals surface area contributed by atoms with Crippen LogP contribution in [0.25, 0.3) is 0 Å². The van der Waals surface area contributed by atoms with E-state index in [1.165, 1.54) is 12.6 Å². The van der Waals surface area contributed by atoms with Crippen molar-refractivity contribution in [2.24, 2.45) is 0 Å². The highest BCUT2D eigenvalue weighted by Gasteiger charge is 2.21. The van der Waals surface area contributed by atoms with Gasteiger partial charge in [0.15, 0.2) is 12.4 Å². The molecule has 0 amide bonds. The van der Waals surface area contributed by atoms with Crippen LogP contribution in [-0.4, -0.2) is 33.8 Å². The molecule has 0 aromatic heterocycles. The minimum absolute atomic E-state index is 0.275. The zero-order valence-corrected chi connectivity index (χ0v) is 15.4. The van der Waals surface area contributed by atoms with Gasteiger partial charge in [0, 0.05) is 5.56 Å². The number of hydrogen-bond donors (Lipinski definition) is 1. The molecule has 1 N–H and O–H groups in total. The van der Waals surface area contributed by atoms with E-state index >= 15 is 0 Å². The first-order valence-electron chi connectivity index (χ1n) is 8.37. The van der Waals surface area contributed by atoms with E-state index in [4.69, 9.17) is 4.74 Å². The molecular weight excluding hydrogens is 373 g/mol. The van der Waals surface area contributed by atoms with Crippen molar-refractivity contribution < 1.29 is 27.1 Å². The highest BCUT2D eigenvalue weighted by atomic mass is 32.2. The summed E-state index contributed by atoms with van der Waals surface area (Å²) in [7, 11) is -2.64. The molecule has 142 valence electrons. The molecule has 1 aliphatic carbocycles. The predicted octanol–water partition coefficient (Wildman–Crippen LogP) is 2.26. The largest absolute Gasteiger partial charge is 0.454 e. The highest BCUT2D eigenvalue weighted by Crippen LogP contribution is 2.23. The van der Waals surface area contributed by atoms with Crippen LogP contribution in [0.3, 0.4) is 0 Å². The second-order valence-electron chi connectivity index (χ2n) is 6.19. The first-order valence-corrected chi connectivity index (χ1v) is 9.85. The molecule has 0 unspecified atom stereocenters. The van der Waals surface area contributed by atoms with Crippen molar-refractivity contribution in [3.05, 3.63) is 64.5 Å². The molecule has 3 rings (SSSR count). The molecule has 0 heterocycles. The van der Waals surface area contributed by atoms with Crippen molar-refractivity contribution in [3.63, 3.8) is 0 Å². The molecule has 6 nitrogen and oxygen atoms in total. The third-order valence-electron chi connectivity index (χ3n) is 4.49. The average molecular weight is 391 g/mol. The summed E-state index contributed by atoms with van der Waals surface area (Å²) in [5, 5.41) is 0. The van der Waals surface area contributed by atoms with Gasteiger partial charge in [0.1, 0.15) is 5.82 Å². The Balaban J connectivity index is 1.72. The van der Waals surface area contributed by atoms with Crippen molar-refractivity contribution in [1.82, 2.24) is 4.72 Å². The summed E-state index contributed by atoms with van der Waals surface area (Å²) >= 11 is 0. The lowest BCUT2D eigenvalue weighted by molar-refractivity contribution is 0.0470. The molecule has 0 fully saturated rings. The number of ether oxygens (including phenoxy) is 1. The van der Waals surface area contributed by atoms with Gasteiger partial charge in [-0.2, -0.15) is 0 Å². The molecule has 0 atom stereocenters. The van der Waals surface area contributed by atoms with E-state index in [-0.39, 0.29) is 4.90 Å². The van der Waals surface area contributed by atoms with Crippen molar-refractivity contribution in [3.8, 4) is 0 Å². The Morgan fingerprint density at radius 3 is 2.59 bits per heavy atom. The lowest BCUT2D eigenvalue weighted by atomic mass is 10.0. The minimum Gasteiger partial charge on any atom is -0.454 e. The molecule has 2 aromatic rings. The molecule has 0 aliphatic heterocycles. The van der Waals surface area contributed by atoms with Gasteiger partial charge in [-0.05, 0) is 61.7 Å². The van der Waals surface area contributed by atoms with Crippen molar-refractivity contribution >= 4 is 21.8 Å². The smallest absolute Gasteiger partial charge is 0.341 e. The molecule has 27 heavy (non-hydrogen) atoms. The van der Waals surface area contributed by atoms with Gasteiger partial charge in [-0.1, -0.05) is 12.1 Å². The van der Waals surface area contributed by atoms with E-state index in [1.807, 2.05) is 6.07 Å². The molecule has 8 heteroatoms. The Kier molecular flexibility index (Phi) is 5.38. The number of sulfonamides is 1. The van der Waals surface area contributed by atoms with Gasteiger partial charge in [-0.15, -0.1) is 0 Å². The fourth-order valence-corrected chi connectivity index (χ4v) is 3.74. The van der Waals surface area contributed by atoms with E-state index in [0.29, 0.717) is 5.56 Å². The maximum Gasteiger partial charge on any atom is 0.341 e. The van der Waals surface area contributed by atoms with Crippen LogP contribution in [0.1, 0.15) is 38.3 Å². The summed E-state index contributed by atoms with van der Waals surface area (Å²) in [6.07, 6.45) is 2.95. The molecule has 2 aromatic carbocycles. The number of Topliss-reactive ketones (excluding diaryl/α,β-unsaturated/α-hetero) is 1. The highest BCUT2D eigenvalue weighted by molar-refractivity contribution is 7.89. The van der Waals surface area contributed by atoms with E-state index in [0.717, 1.165) is 43.0 Å². The maximum absolute atomic E-state index is 13.9. The van der Waals surface area contributed by atoms with Crippen LogP contribution >= 0.6 is 0 Å². The summed E-state index contributed by atoms with van der Waals surface area (Å²) in [5.41, 5.74) is 2.21. The Morgan fingerprint density at radius 1 is 1.11 bits per heavy atom. The fraction of sp³-hybridized carbons (Fsp3) is 0.263. The zero-order chi connectivity index (χ0) is 19.6. The number of esters is 1. The Hall–Kier alpha value is -2.58.